The zero-order valence-corrected chi connectivity index (χ0v) is 11.5. The van der Waals surface area contributed by atoms with Gasteiger partial charge < -0.3 is 15.8 Å². The molecule has 1 rings (SSSR count). The van der Waals surface area contributed by atoms with E-state index in [1.54, 1.807) is 7.11 Å². The van der Waals surface area contributed by atoms with Crippen LogP contribution in [0, 0.1) is 5.92 Å². The lowest BCUT2D eigenvalue weighted by molar-refractivity contribution is -0.122. The van der Waals surface area contributed by atoms with Crippen molar-refractivity contribution in [3.8, 4) is 5.75 Å². The Morgan fingerprint density at radius 2 is 2.06 bits per heavy atom. The molecule has 1 aromatic carbocycles. The molecule has 100 valence electrons. The van der Waals surface area contributed by atoms with Crippen molar-refractivity contribution in [3.05, 3.63) is 24.3 Å². The Hall–Kier alpha value is -1.71. The number of nitrogens with one attached hydrogen (secondary N) is 1. The fourth-order valence-electron chi connectivity index (χ4n) is 2.07. The number of carbonyl (C=O) groups excluding carboxylic acids is 1. The Morgan fingerprint density at radius 1 is 1.44 bits per heavy atom. The molecule has 0 aliphatic carbocycles. The summed E-state index contributed by atoms with van der Waals surface area (Å²) in [6, 6.07) is 7.50. The molecule has 1 atom stereocenters. The Balaban J connectivity index is 3.00. The Bertz CT molecular complexity index is 418. The summed E-state index contributed by atoms with van der Waals surface area (Å²) >= 11 is 0. The van der Waals surface area contributed by atoms with Crippen LogP contribution in [0.15, 0.2) is 24.3 Å². The summed E-state index contributed by atoms with van der Waals surface area (Å²) in [5.41, 5.74) is 5.52. The lowest BCUT2D eigenvalue weighted by Crippen LogP contribution is -2.48. The Morgan fingerprint density at radius 3 is 2.56 bits per heavy atom. The number of hydrogen-bond acceptors (Lipinski definition) is 3. The fraction of sp³-hybridized carbons (Fsp3) is 0.500. The van der Waals surface area contributed by atoms with Crippen LogP contribution < -0.4 is 15.8 Å². The van der Waals surface area contributed by atoms with E-state index in [1.807, 2.05) is 31.2 Å². The topological polar surface area (TPSA) is 64.3 Å². The third-order valence-electron chi connectivity index (χ3n) is 2.88. The van der Waals surface area contributed by atoms with Crippen LogP contribution in [0.4, 0.5) is 5.69 Å². The molecule has 0 bridgehead atoms. The minimum atomic E-state index is -0.775. The summed E-state index contributed by atoms with van der Waals surface area (Å²) in [5.74, 6) is 0.709. The number of carbonyl (C=O) groups is 1. The third-order valence-corrected chi connectivity index (χ3v) is 2.88. The number of anilines is 1. The highest BCUT2D eigenvalue weighted by atomic mass is 16.5. The highest BCUT2D eigenvalue weighted by molar-refractivity contribution is 5.88. The van der Waals surface area contributed by atoms with Crippen LogP contribution in [0.5, 0.6) is 5.75 Å². The van der Waals surface area contributed by atoms with Gasteiger partial charge in [0.2, 0.25) is 5.91 Å². The average molecular weight is 250 g/mol. The Labute approximate surface area is 109 Å². The maximum Gasteiger partial charge on any atom is 0.242 e. The number of methoxy groups -OCH3 is 1. The molecule has 1 aromatic rings. The van der Waals surface area contributed by atoms with Gasteiger partial charge in [0.1, 0.15) is 11.3 Å². The van der Waals surface area contributed by atoms with Gasteiger partial charge in [0.25, 0.3) is 0 Å². The Kier molecular flexibility index (Phi) is 4.59. The van der Waals surface area contributed by atoms with Gasteiger partial charge in [-0.1, -0.05) is 26.0 Å². The smallest absolute Gasteiger partial charge is 0.242 e. The number of ether oxygens (including phenoxy) is 1. The summed E-state index contributed by atoms with van der Waals surface area (Å²) in [5, 5.41) is 3.21. The lowest BCUT2D eigenvalue weighted by atomic mass is 9.89. The average Bonchev–Trinajstić information content (AvgIpc) is 2.28. The molecule has 3 N–H and O–H groups in total. The summed E-state index contributed by atoms with van der Waals surface area (Å²) < 4.78 is 5.26. The quantitative estimate of drug-likeness (QED) is 0.814. The van der Waals surface area contributed by atoms with Gasteiger partial charge in [0.05, 0.1) is 12.8 Å². The van der Waals surface area contributed by atoms with Crippen molar-refractivity contribution in [1.82, 2.24) is 0 Å². The molecule has 0 aliphatic heterocycles. The van der Waals surface area contributed by atoms with Crippen molar-refractivity contribution >= 4 is 11.6 Å². The van der Waals surface area contributed by atoms with Crippen LogP contribution in [0.1, 0.15) is 27.2 Å². The lowest BCUT2D eigenvalue weighted by Gasteiger charge is -2.30. The first-order valence-corrected chi connectivity index (χ1v) is 6.10. The summed E-state index contributed by atoms with van der Waals surface area (Å²) in [6.07, 6.45) is 0.667. The first kappa shape index (κ1) is 14.4. The van der Waals surface area contributed by atoms with Gasteiger partial charge in [0.15, 0.2) is 0 Å². The summed E-state index contributed by atoms with van der Waals surface area (Å²) in [4.78, 5) is 11.7. The van der Waals surface area contributed by atoms with E-state index in [-0.39, 0.29) is 5.91 Å². The van der Waals surface area contributed by atoms with Crippen molar-refractivity contribution in [2.45, 2.75) is 32.7 Å². The number of hydrogen-bond donors (Lipinski definition) is 2. The molecule has 0 saturated carbocycles. The number of benzene rings is 1. The molecule has 0 saturated heterocycles. The molecule has 0 spiro atoms. The summed E-state index contributed by atoms with van der Waals surface area (Å²) in [7, 11) is 1.60. The standard InChI is InChI=1S/C14H22N2O2/c1-10(2)9-14(3,13(15)17)16-11-7-5-6-8-12(11)18-4/h5-8,10,16H,9H2,1-4H3,(H2,15,17). The maximum absolute atomic E-state index is 11.7. The van der Waals surface area contributed by atoms with Crippen LogP contribution in [0.2, 0.25) is 0 Å². The zero-order valence-electron chi connectivity index (χ0n) is 11.5. The molecule has 0 aliphatic rings. The van der Waals surface area contributed by atoms with Crippen molar-refractivity contribution in [2.75, 3.05) is 12.4 Å². The first-order valence-electron chi connectivity index (χ1n) is 6.10. The van der Waals surface area contributed by atoms with Crippen LogP contribution in [0.25, 0.3) is 0 Å². The van der Waals surface area contributed by atoms with Crippen LogP contribution in [-0.4, -0.2) is 18.6 Å². The van der Waals surface area contributed by atoms with Gasteiger partial charge in [-0.2, -0.15) is 0 Å². The number of nitrogens with two attached hydrogens (primary N) is 1. The largest absolute Gasteiger partial charge is 0.495 e. The van der Waals surface area contributed by atoms with Crippen LogP contribution in [-0.2, 0) is 4.79 Å². The zero-order chi connectivity index (χ0) is 13.8. The number of primary amides is 1. The second kappa shape index (κ2) is 5.76. The first-order chi connectivity index (χ1) is 8.39. The second-order valence-electron chi connectivity index (χ2n) is 5.12. The molecule has 4 nitrogen and oxygen atoms in total. The van der Waals surface area contributed by atoms with E-state index >= 15 is 0 Å². The van der Waals surface area contributed by atoms with Gasteiger partial charge >= 0.3 is 0 Å². The molecule has 0 radical (unpaired) electrons. The van der Waals surface area contributed by atoms with E-state index in [0.29, 0.717) is 18.1 Å². The van der Waals surface area contributed by atoms with Crippen molar-refractivity contribution < 1.29 is 9.53 Å². The molecular weight excluding hydrogens is 228 g/mol. The van der Waals surface area contributed by atoms with E-state index < -0.39 is 5.54 Å². The van der Waals surface area contributed by atoms with E-state index in [4.69, 9.17) is 10.5 Å². The third kappa shape index (κ3) is 3.39. The van der Waals surface area contributed by atoms with Crippen LogP contribution in [0.3, 0.4) is 0 Å². The van der Waals surface area contributed by atoms with Gasteiger partial charge in [-0.25, -0.2) is 0 Å². The van der Waals surface area contributed by atoms with Crippen molar-refractivity contribution in [1.29, 1.82) is 0 Å². The number of amides is 1. The van der Waals surface area contributed by atoms with Crippen LogP contribution >= 0.6 is 0 Å². The van der Waals surface area contributed by atoms with E-state index in [0.717, 1.165) is 5.69 Å². The summed E-state index contributed by atoms with van der Waals surface area (Å²) in [6.45, 7) is 5.94. The predicted octanol–water partition coefficient (Wildman–Crippen LogP) is 2.40. The minimum Gasteiger partial charge on any atom is -0.495 e. The maximum atomic E-state index is 11.7. The van der Waals surface area contributed by atoms with E-state index in [1.165, 1.54) is 0 Å². The molecule has 0 heterocycles. The van der Waals surface area contributed by atoms with E-state index in [2.05, 4.69) is 19.2 Å². The monoisotopic (exact) mass is 250 g/mol. The normalized spacial score (nSPS) is 14.1. The highest BCUT2D eigenvalue weighted by Crippen LogP contribution is 2.29. The predicted molar refractivity (Wildman–Crippen MR) is 73.7 cm³/mol. The van der Waals surface area contributed by atoms with E-state index in [9.17, 15) is 4.79 Å². The number of para-hydroxylation sites is 2. The van der Waals surface area contributed by atoms with Crippen molar-refractivity contribution in [2.24, 2.45) is 11.7 Å². The molecule has 4 heteroatoms. The fourth-order valence-corrected chi connectivity index (χ4v) is 2.07. The van der Waals surface area contributed by atoms with Gasteiger partial charge in [0, 0.05) is 0 Å². The molecule has 0 fully saturated rings. The second-order valence-corrected chi connectivity index (χ2v) is 5.12. The molecule has 18 heavy (non-hydrogen) atoms. The highest BCUT2D eigenvalue weighted by Gasteiger charge is 2.32. The SMILES string of the molecule is COc1ccccc1NC(C)(CC(C)C)C(N)=O. The molecule has 1 amide bonds. The van der Waals surface area contributed by atoms with Gasteiger partial charge in [-0.05, 0) is 31.4 Å². The van der Waals surface area contributed by atoms with Crippen molar-refractivity contribution in [3.63, 3.8) is 0 Å². The molecular formula is C14H22N2O2. The van der Waals surface area contributed by atoms with Gasteiger partial charge in [-0.3, -0.25) is 4.79 Å². The minimum absolute atomic E-state index is 0.359. The molecule has 0 aromatic heterocycles. The van der Waals surface area contributed by atoms with Gasteiger partial charge in [-0.15, -0.1) is 0 Å². The number of rotatable bonds is 6. The molecule has 1 unspecified atom stereocenters.